The van der Waals surface area contributed by atoms with Crippen molar-refractivity contribution in [3.63, 3.8) is 0 Å². The number of esters is 1. The van der Waals surface area contributed by atoms with E-state index in [-0.39, 0.29) is 23.2 Å². The Hall–Kier alpha value is -2.17. The van der Waals surface area contributed by atoms with Gasteiger partial charge in [0.15, 0.2) is 0 Å². The summed E-state index contributed by atoms with van der Waals surface area (Å²) in [4.78, 5) is 23.3. The molecule has 0 radical (unpaired) electrons. The maximum absolute atomic E-state index is 12.8. The number of hydrogen-bond acceptors (Lipinski definition) is 4. The fourth-order valence-corrected chi connectivity index (χ4v) is 9.69. The Kier molecular flexibility index (Phi) is 8.01. The van der Waals surface area contributed by atoms with E-state index in [4.69, 9.17) is 4.74 Å². The molecule has 5 rings (SSSR count). The molecule has 4 aliphatic carbocycles. The van der Waals surface area contributed by atoms with Crippen LogP contribution in [0.25, 0.3) is 0 Å². The molecule has 1 aromatic rings. The molecule has 8 atom stereocenters. The number of fused-ring (bicyclic) bond motifs is 5. The molecule has 1 aromatic carbocycles. The van der Waals surface area contributed by atoms with Gasteiger partial charge in [-0.1, -0.05) is 65.5 Å². The molecule has 0 heterocycles. The molecule has 0 aliphatic heterocycles. The van der Waals surface area contributed by atoms with Gasteiger partial charge in [0, 0.05) is 18.6 Å². The first kappa shape index (κ1) is 28.4. The van der Waals surface area contributed by atoms with Crippen LogP contribution in [0.2, 0.25) is 0 Å². The number of nitrogens with zero attached hydrogens (tertiary/aromatic N) is 1. The molecular formula is C34H49NO4. The van der Waals surface area contributed by atoms with Crippen LogP contribution in [0.3, 0.4) is 0 Å². The van der Waals surface area contributed by atoms with Crippen molar-refractivity contribution in [2.24, 2.45) is 46.3 Å². The lowest BCUT2D eigenvalue weighted by Gasteiger charge is -2.58. The van der Waals surface area contributed by atoms with Crippen LogP contribution in [0.5, 0.6) is 0 Å². The average molecular weight is 536 g/mol. The molecule has 0 bridgehead atoms. The van der Waals surface area contributed by atoms with Crippen molar-refractivity contribution >= 4 is 11.7 Å². The minimum atomic E-state index is -0.450. The van der Waals surface area contributed by atoms with E-state index < -0.39 is 4.92 Å². The lowest BCUT2D eigenvalue weighted by molar-refractivity contribution is -0.384. The molecule has 0 unspecified atom stereocenters. The lowest BCUT2D eigenvalue weighted by Crippen LogP contribution is -2.51. The van der Waals surface area contributed by atoms with E-state index >= 15 is 0 Å². The average Bonchev–Trinajstić information content (AvgIpc) is 3.26. The van der Waals surface area contributed by atoms with E-state index in [2.05, 4.69) is 40.7 Å². The van der Waals surface area contributed by atoms with Crippen LogP contribution in [0.4, 0.5) is 5.69 Å². The van der Waals surface area contributed by atoms with Gasteiger partial charge in [-0.25, -0.2) is 4.79 Å². The molecule has 0 saturated heterocycles. The maximum atomic E-state index is 12.8. The van der Waals surface area contributed by atoms with Gasteiger partial charge in [0.2, 0.25) is 0 Å². The number of nitro benzene ring substituents is 1. The smallest absolute Gasteiger partial charge is 0.338 e. The van der Waals surface area contributed by atoms with Gasteiger partial charge >= 0.3 is 5.97 Å². The van der Waals surface area contributed by atoms with E-state index in [0.29, 0.717) is 11.0 Å². The van der Waals surface area contributed by atoms with E-state index in [9.17, 15) is 14.9 Å². The third-order valence-corrected chi connectivity index (χ3v) is 11.8. The number of carbonyl (C=O) groups excluding carboxylic acids is 1. The Morgan fingerprint density at radius 3 is 2.46 bits per heavy atom. The highest BCUT2D eigenvalue weighted by molar-refractivity contribution is 5.89. The molecule has 5 nitrogen and oxygen atoms in total. The highest BCUT2D eigenvalue weighted by Crippen LogP contribution is 2.67. The van der Waals surface area contributed by atoms with E-state index in [1.165, 1.54) is 81.2 Å². The number of non-ortho nitro benzene ring substituents is 1. The zero-order valence-corrected chi connectivity index (χ0v) is 24.8. The van der Waals surface area contributed by atoms with Crippen LogP contribution < -0.4 is 0 Å². The summed E-state index contributed by atoms with van der Waals surface area (Å²) in [6, 6.07) is 5.73. The van der Waals surface area contributed by atoms with Gasteiger partial charge in [-0.2, -0.15) is 0 Å². The largest absolute Gasteiger partial charge is 0.458 e. The van der Waals surface area contributed by atoms with Gasteiger partial charge < -0.3 is 4.74 Å². The molecule has 0 aromatic heterocycles. The van der Waals surface area contributed by atoms with E-state index in [0.717, 1.165) is 54.8 Å². The van der Waals surface area contributed by atoms with Crippen LogP contribution in [-0.4, -0.2) is 17.0 Å². The summed E-state index contributed by atoms with van der Waals surface area (Å²) in [5.74, 6) is 4.54. The number of ether oxygens (including phenoxy) is 1. The fourth-order valence-electron chi connectivity index (χ4n) is 9.69. The normalized spacial score (nSPS) is 36.4. The summed E-state index contributed by atoms with van der Waals surface area (Å²) in [6.45, 7) is 12.4. The highest BCUT2D eigenvalue weighted by atomic mass is 16.6. The Balaban J connectivity index is 1.23. The molecule has 4 aliphatic rings. The van der Waals surface area contributed by atoms with Crippen molar-refractivity contribution in [3.05, 3.63) is 51.6 Å². The Morgan fingerprint density at radius 1 is 1.03 bits per heavy atom. The quantitative estimate of drug-likeness (QED) is 0.144. The van der Waals surface area contributed by atoms with Gasteiger partial charge in [-0.05, 0) is 103 Å². The molecule has 5 heteroatoms. The summed E-state index contributed by atoms with van der Waals surface area (Å²) in [5, 5.41) is 10.9. The molecule has 39 heavy (non-hydrogen) atoms. The molecule has 214 valence electrons. The summed E-state index contributed by atoms with van der Waals surface area (Å²) < 4.78 is 5.93. The van der Waals surface area contributed by atoms with Crippen molar-refractivity contribution in [1.82, 2.24) is 0 Å². The molecule has 0 spiro atoms. The second-order valence-corrected chi connectivity index (χ2v) is 14.4. The zero-order chi connectivity index (χ0) is 27.9. The maximum Gasteiger partial charge on any atom is 0.338 e. The minimum absolute atomic E-state index is 0.0142. The van der Waals surface area contributed by atoms with Crippen molar-refractivity contribution < 1.29 is 14.5 Å². The first-order valence-electron chi connectivity index (χ1n) is 15.7. The zero-order valence-electron chi connectivity index (χ0n) is 24.8. The third-order valence-electron chi connectivity index (χ3n) is 11.8. The number of allylic oxidation sites excluding steroid dienone is 1. The number of benzene rings is 1. The van der Waals surface area contributed by atoms with Crippen LogP contribution in [-0.2, 0) is 4.74 Å². The van der Waals surface area contributed by atoms with Gasteiger partial charge in [-0.15, -0.1) is 0 Å². The van der Waals surface area contributed by atoms with E-state index in [1.807, 2.05) is 0 Å². The predicted octanol–water partition coefficient (Wildman–Crippen LogP) is 9.16. The highest BCUT2D eigenvalue weighted by Gasteiger charge is 2.59. The first-order valence-corrected chi connectivity index (χ1v) is 15.7. The van der Waals surface area contributed by atoms with Gasteiger partial charge in [-0.3, -0.25) is 10.1 Å². The van der Waals surface area contributed by atoms with Gasteiger partial charge in [0.25, 0.3) is 5.69 Å². The monoisotopic (exact) mass is 535 g/mol. The Morgan fingerprint density at radius 2 is 1.77 bits per heavy atom. The van der Waals surface area contributed by atoms with Crippen molar-refractivity contribution in [2.75, 3.05) is 0 Å². The summed E-state index contributed by atoms with van der Waals surface area (Å²) in [6.07, 6.45) is 16.1. The standard InChI is InChI=1S/C34H49NO4/c1-22(2)7-6-8-23(3)29-15-16-30-28-14-11-25-21-27(17-19-33(25,4)31(28)18-20-34(29,30)5)39-32(36)24-9-12-26(13-10-24)35(37)38/h9-13,22-23,27-31H,6-8,14-21H2,1-5H3/t23-,27+,28+,29-,30-,31+,33+,34-/m1/s1. The van der Waals surface area contributed by atoms with E-state index in [1.54, 1.807) is 0 Å². The topological polar surface area (TPSA) is 69.4 Å². The summed E-state index contributed by atoms with van der Waals surface area (Å²) in [5.41, 5.74) is 2.60. The van der Waals surface area contributed by atoms with Crippen molar-refractivity contribution in [1.29, 1.82) is 0 Å². The number of hydrogen-bond donors (Lipinski definition) is 0. The molecular weight excluding hydrogens is 486 g/mol. The molecule has 0 N–H and O–H groups in total. The first-order chi connectivity index (χ1) is 18.5. The Bertz CT molecular complexity index is 1090. The summed E-state index contributed by atoms with van der Waals surface area (Å²) >= 11 is 0. The summed E-state index contributed by atoms with van der Waals surface area (Å²) in [7, 11) is 0. The van der Waals surface area contributed by atoms with Gasteiger partial charge in [0.1, 0.15) is 6.10 Å². The Labute approximate surface area is 235 Å². The minimum Gasteiger partial charge on any atom is -0.458 e. The number of carbonyl (C=O) groups is 1. The SMILES string of the molecule is CC(C)CCC[C@@H](C)[C@H]1CC[C@@H]2[C@@H]3CC=C4C[C@@H](OC(=O)c5ccc([N+](=O)[O-])cc5)CC[C@]4(C)[C@H]3CC[C@@]21C. The molecule has 3 fully saturated rings. The molecule has 0 amide bonds. The van der Waals surface area contributed by atoms with Crippen molar-refractivity contribution in [2.45, 2.75) is 111 Å². The van der Waals surface area contributed by atoms with Crippen LogP contribution in [0.1, 0.15) is 116 Å². The number of rotatable bonds is 8. The third kappa shape index (κ3) is 5.32. The van der Waals surface area contributed by atoms with Gasteiger partial charge in [0.05, 0.1) is 10.5 Å². The van der Waals surface area contributed by atoms with Crippen molar-refractivity contribution in [3.8, 4) is 0 Å². The van der Waals surface area contributed by atoms with Crippen LogP contribution in [0, 0.1) is 56.5 Å². The van der Waals surface area contributed by atoms with Crippen LogP contribution in [0.15, 0.2) is 35.9 Å². The predicted molar refractivity (Wildman–Crippen MR) is 155 cm³/mol. The lowest BCUT2D eigenvalue weighted by atomic mass is 9.47. The second-order valence-electron chi connectivity index (χ2n) is 14.4. The molecule has 3 saturated carbocycles. The fraction of sp³-hybridized carbons (Fsp3) is 0.735. The second kappa shape index (κ2) is 11.0. The van der Waals surface area contributed by atoms with Crippen LogP contribution >= 0.6 is 0 Å². The number of nitro groups is 1.